The molecule has 34 heavy (non-hydrogen) atoms. The molecule has 1 aliphatic rings. The fraction of sp³-hybridized carbons (Fsp3) is 0.400. The number of benzene rings is 2. The van der Waals surface area contributed by atoms with Crippen LogP contribution in [0.15, 0.2) is 48.5 Å². The van der Waals surface area contributed by atoms with Gasteiger partial charge in [-0.05, 0) is 56.2 Å². The van der Waals surface area contributed by atoms with Gasteiger partial charge in [0.1, 0.15) is 23.4 Å². The number of hydrogen-bond acceptors (Lipinski definition) is 6. The first-order valence-electron chi connectivity index (χ1n) is 10.9. The molecular formula is C25H35FN2O6. The minimum atomic E-state index is -0.490. The fourth-order valence-corrected chi connectivity index (χ4v) is 2.92. The van der Waals surface area contributed by atoms with Gasteiger partial charge in [-0.3, -0.25) is 9.59 Å². The molecule has 2 aromatic rings. The maximum absolute atomic E-state index is 12.6. The zero-order chi connectivity index (χ0) is 25.9. The highest BCUT2D eigenvalue weighted by Crippen LogP contribution is 2.21. The van der Waals surface area contributed by atoms with E-state index in [4.69, 9.17) is 9.84 Å². The normalized spacial score (nSPS) is 13.5. The number of nitrogens with one attached hydrogen (secondary N) is 1. The summed E-state index contributed by atoms with van der Waals surface area (Å²) in [5, 5.41) is 9.28. The second kappa shape index (κ2) is 18.0. The van der Waals surface area contributed by atoms with E-state index in [1.165, 1.54) is 29.7 Å². The number of methoxy groups -OCH3 is 1. The minimum absolute atomic E-state index is 0.0724. The number of carbonyl (C=O) groups is 3. The van der Waals surface area contributed by atoms with Gasteiger partial charge >= 0.3 is 5.97 Å². The van der Waals surface area contributed by atoms with Crippen molar-refractivity contribution in [1.82, 2.24) is 10.2 Å². The molecule has 0 aromatic heterocycles. The lowest BCUT2D eigenvalue weighted by Gasteiger charge is -2.22. The summed E-state index contributed by atoms with van der Waals surface area (Å²) in [7, 11) is 2.30. The van der Waals surface area contributed by atoms with E-state index in [1.807, 2.05) is 45.0 Å². The number of aliphatic hydroxyl groups excluding tert-OH is 1. The highest BCUT2D eigenvalue weighted by molar-refractivity contribution is 5.86. The molecule has 9 heteroatoms. The number of esters is 1. The summed E-state index contributed by atoms with van der Waals surface area (Å²) in [5.41, 5.74) is 1.18. The van der Waals surface area contributed by atoms with Gasteiger partial charge in [-0.25, -0.2) is 9.18 Å². The Labute approximate surface area is 200 Å². The number of halogens is 1. The Morgan fingerprint density at radius 2 is 1.62 bits per heavy atom. The lowest BCUT2D eigenvalue weighted by molar-refractivity contribution is -0.150. The minimum Gasteiger partial charge on any atom is -0.467 e. The van der Waals surface area contributed by atoms with E-state index in [0.717, 1.165) is 19.3 Å². The number of ether oxygens (including phenoxy) is 2. The average molecular weight is 479 g/mol. The number of likely N-dealkylation sites (tertiary alicyclic amines) is 1. The Morgan fingerprint density at radius 1 is 1.09 bits per heavy atom. The van der Waals surface area contributed by atoms with E-state index in [0.29, 0.717) is 25.1 Å². The molecule has 0 radical (unpaired) electrons. The third kappa shape index (κ3) is 10.9. The highest BCUT2D eigenvalue weighted by atomic mass is 19.1. The molecule has 8 nitrogen and oxygen atoms in total. The van der Waals surface area contributed by atoms with Crippen molar-refractivity contribution < 1.29 is 33.4 Å². The van der Waals surface area contributed by atoms with Gasteiger partial charge in [0.2, 0.25) is 12.3 Å². The quantitative estimate of drug-likeness (QED) is 0.487. The predicted octanol–water partition coefficient (Wildman–Crippen LogP) is 3.46. The largest absolute Gasteiger partial charge is 0.467 e. The van der Waals surface area contributed by atoms with Crippen molar-refractivity contribution in [2.45, 2.75) is 39.7 Å². The molecule has 1 saturated heterocycles. The summed E-state index contributed by atoms with van der Waals surface area (Å²) >= 11 is 0. The number of hydrogen-bond donors (Lipinski definition) is 2. The molecule has 1 aliphatic heterocycles. The van der Waals surface area contributed by atoms with Crippen LogP contribution in [-0.2, 0) is 19.1 Å². The van der Waals surface area contributed by atoms with E-state index in [9.17, 15) is 18.8 Å². The van der Waals surface area contributed by atoms with Gasteiger partial charge in [0.15, 0.2) is 0 Å². The lowest BCUT2D eigenvalue weighted by Crippen LogP contribution is -2.44. The predicted molar refractivity (Wildman–Crippen MR) is 128 cm³/mol. The number of aryl methyl sites for hydroxylation is 1. The zero-order valence-electron chi connectivity index (χ0n) is 20.4. The maximum atomic E-state index is 12.6. The van der Waals surface area contributed by atoms with Crippen molar-refractivity contribution in [1.29, 1.82) is 0 Å². The number of carbonyl (C=O) groups excluding carboxylic acids is 3. The Kier molecular flexibility index (Phi) is 16.2. The van der Waals surface area contributed by atoms with Crippen molar-refractivity contribution in [3.8, 4) is 11.5 Å². The SMILES string of the molecule is CC.CO.COC(=O)C1CCCN1C(=O)CNC=O.Cc1ccc(Oc2ccc(F)cc2)cc1. The summed E-state index contributed by atoms with van der Waals surface area (Å²) < 4.78 is 22.7. The molecule has 1 fully saturated rings. The van der Waals surface area contributed by atoms with E-state index >= 15 is 0 Å². The number of nitrogens with zero attached hydrogens (tertiary/aromatic N) is 1. The molecule has 2 N–H and O–H groups in total. The van der Waals surface area contributed by atoms with Gasteiger partial charge in [0.05, 0.1) is 13.7 Å². The first-order valence-corrected chi connectivity index (χ1v) is 10.9. The number of aliphatic hydroxyl groups is 1. The van der Waals surface area contributed by atoms with Crippen molar-refractivity contribution in [2.24, 2.45) is 0 Å². The van der Waals surface area contributed by atoms with Gasteiger partial charge in [0, 0.05) is 13.7 Å². The van der Waals surface area contributed by atoms with Gasteiger partial charge in [-0.2, -0.15) is 0 Å². The Balaban J connectivity index is 0.000000559. The lowest BCUT2D eigenvalue weighted by atomic mass is 10.2. The van der Waals surface area contributed by atoms with Crippen LogP contribution < -0.4 is 10.1 Å². The maximum Gasteiger partial charge on any atom is 0.328 e. The van der Waals surface area contributed by atoms with Crippen LogP contribution in [0.4, 0.5) is 4.39 Å². The molecule has 1 atom stereocenters. The third-order valence-electron chi connectivity index (χ3n) is 4.45. The van der Waals surface area contributed by atoms with Crippen molar-refractivity contribution in [2.75, 3.05) is 27.3 Å². The van der Waals surface area contributed by atoms with Crippen LogP contribution in [0.5, 0.6) is 11.5 Å². The van der Waals surface area contributed by atoms with Crippen LogP contribution >= 0.6 is 0 Å². The molecule has 0 spiro atoms. The summed E-state index contributed by atoms with van der Waals surface area (Å²) in [4.78, 5) is 34.3. The summed E-state index contributed by atoms with van der Waals surface area (Å²) in [6, 6.07) is 13.2. The molecule has 188 valence electrons. The second-order valence-electron chi connectivity index (χ2n) is 6.64. The molecule has 3 rings (SSSR count). The van der Waals surface area contributed by atoms with E-state index in [-0.39, 0.29) is 18.3 Å². The van der Waals surface area contributed by atoms with Gasteiger partial charge in [0.25, 0.3) is 0 Å². The van der Waals surface area contributed by atoms with Crippen molar-refractivity contribution >= 4 is 18.3 Å². The smallest absolute Gasteiger partial charge is 0.328 e. The third-order valence-corrected chi connectivity index (χ3v) is 4.45. The standard InChI is InChI=1S/C13H11FO.C9H14N2O4.C2H6.CH4O/c1-10-2-6-12(7-3-10)15-13-8-4-11(14)5-9-13;1-15-9(14)7-3-2-4-11(7)8(13)5-10-6-12;2*1-2/h2-9H,1H3;6-7H,2-5H2,1H3,(H,10,12);1-2H3;2H,1H3. The first-order chi connectivity index (χ1) is 16.4. The molecule has 0 bridgehead atoms. The van der Waals surface area contributed by atoms with E-state index < -0.39 is 12.0 Å². The molecule has 0 aliphatic carbocycles. The molecule has 2 aromatic carbocycles. The first kappa shape index (κ1) is 30.5. The fourth-order valence-electron chi connectivity index (χ4n) is 2.92. The van der Waals surface area contributed by atoms with Crippen LogP contribution in [-0.4, -0.2) is 61.6 Å². The average Bonchev–Trinajstić information content (AvgIpc) is 3.38. The van der Waals surface area contributed by atoms with E-state index in [1.54, 1.807) is 12.1 Å². The molecule has 0 saturated carbocycles. The highest BCUT2D eigenvalue weighted by Gasteiger charge is 2.34. The molecule has 1 heterocycles. The second-order valence-corrected chi connectivity index (χ2v) is 6.64. The van der Waals surface area contributed by atoms with Crippen LogP contribution in [0, 0.1) is 12.7 Å². The number of rotatable bonds is 6. The van der Waals surface area contributed by atoms with Crippen molar-refractivity contribution in [3.63, 3.8) is 0 Å². The summed E-state index contributed by atoms with van der Waals surface area (Å²) in [6.45, 7) is 6.48. The Hall–Kier alpha value is -3.46. The Morgan fingerprint density at radius 3 is 2.12 bits per heavy atom. The summed E-state index contributed by atoms with van der Waals surface area (Å²) in [5.74, 6) is 0.487. The van der Waals surface area contributed by atoms with Gasteiger partial charge in [-0.1, -0.05) is 31.5 Å². The molecule has 2 amide bonds. The van der Waals surface area contributed by atoms with Crippen LogP contribution in [0.25, 0.3) is 0 Å². The van der Waals surface area contributed by atoms with Gasteiger partial charge in [-0.15, -0.1) is 0 Å². The molecular weight excluding hydrogens is 443 g/mol. The van der Waals surface area contributed by atoms with Crippen LogP contribution in [0.1, 0.15) is 32.3 Å². The topological polar surface area (TPSA) is 105 Å². The monoisotopic (exact) mass is 478 g/mol. The Bertz CT molecular complexity index is 800. The molecule has 1 unspecified atom stereocenters. The number of amides is 2. The van der Waals surface area contributed by atoms with Crippen molar-refractivity contribution in [3.05, 3.63) is 59.9 Å². The van der Waals surface area contributed by atoms with Crippen LogP contribution in [0.3, 0.4) is 0 Å². The summed E-state index contributed by atoms with van der Waals surface area (Å²) in [6.07, 6.45) is 1.87. The van der Waals surface area contributed by atoms with Gasteiger partial charge < -0.3 is 24.8 Å². The zero-order valence-corrected chi connectivity index (χ0v) is 20.4. The van der Waals surface area contributed by atoms with Crippen LogP contribution in [0.2, 0.25) is 0 Å². The van der Waals surface area contributed by atoms with E-state index in [2.05, 4.69) is 10.1 Å².